The van der Waals surface area contributed by atoms with E-state index in [1.54, 1.807) is 12.1 Å². The second-order valence-electron chi connectivity index (χ2n) is 6.47. The van der Waals surface area contributed by atoms with E-state index in [0.29, 0.717) is 41.9 Å². The van der Waals surface area contributed by atoms with Crippen LogP contribution >= 0.6 is 22.9 Å². The molecule has 3 rings (SSSR count). The van der Waals surface area contributed by atoms with E-state index in [0.717, 1.165) is 16.8 Å². The molecule has 7 heteroatoms. The number of nitrogens with one attached hydrogen (secondary N) is 1. The molecule has 1 aromatic carbocycles. The van der Waals surface area contributed by atoms with E-state index < -0.39 is 0 Å². The summed E-state index contributed by atoms with van der Waals surface area (Å²) >= 11 is 7.21. The molecule has 0 saturated carbocycles. The molecule has 1 aliphatic heterocycles. The van der Waals surface area contributed by atoms with Crippen LogP contribution in [0.4, 0.5) is 5.69 Å². The molecule has 0 unspecified atom stereocenters. The molecule has 0 radical (unpaired) electrons. The van der Waals surface area contributed by atoms with Crippen LogP contribution < -0.4 is 5.32 Å². The summed E-state index contributed by atoms with van der Waals surface area (Å²) in [5.41, 5.74) is 3.10. The molecule has 2 aromatic rings. The molecular weight excluding hydrogens is 370 g/mol. The molecule has 0 bridgehead atoms. The van der Waals surface area contributed by atoms with Crippen LogP contribution in [0.1, 0.15) is 20.8 Å². The van der Waals surface area contributed by atoms with Gasteiger partial charge in [0.2, 0.25) is 5.91 Å². The highest BCUT2D eigenvalue weighted by molar-refractivity contribution is 7.17. The van der Waals surface area contributed by atoms with Crippen molar-refractivity contribution in [1.29, 1.82) is 0 Å². The Morgan fingerprint density at radius 1 is 1.12 bits per heavy atom. The number of carbonyl (C=O) groups is 2. The van der Waals surface area contributed by atoms with Crippen molar-refractivity contribution in [3.63, 3.8) is 0 Å². The predicted octanol–water partition coefficient (Wildman–Crippen LogP) is 3.41. The zero-order valence-electron chi connectivity index (χ0n) is 14.9. The fourth-order valence-electron chi connectivity index (χ4n) is 2.97. The first kappa shape index (κ1) is 18.9. The van der Waals surface area contributed by atoms with Crippen molar-refractivity contribution in [2.24, 2.45) is 0 Å². The summed E-state index contributed by atoms with van der Waals surface area (Å²) in [6.07, 6.45) is 0. The van der Waals surface area contributed by atoms with Crippen molar-refractivity contribution < 1.29 is 9.59 Å². The van der Waals surface area contributed by atoms with Crippen molar-refractivity contribution in [3.8, 4) is 0 Å². The molecule has 1 fully saturated rings. The number of nitrogens with zero attached hydrogens (tertiary/aromatic N) is 2. The smallest absolute Gasteiger partial charge is 0.264 e. The first-order valence-electron chi connectivity index (χ1n) is 8.57. The Morgan fingerprint density at radius 3 is 2.50 bits per heavy atom. The number of rotatable bonds is 4. The van der Waals surface area contributed by atoms with E-state index in [2.05, 4.69) is 10.2 Å². The molecule has 138 valence electrons. The van der Waals surface area contributed by atoms with Gasteiger partial charge in [-0.2, -0.15) is 0 Å². The van der Waals surface area contributed by atoms with E-state index in [4.69, 9.17) is 11.6 Å². The van der Waals surface area contributed by atoms with Crippen molar-refractivity contribution >= 4 is 40.4 Å². The second-order valence-corrected chi connectivity index (χ2v) is 8.18. The van der Waals surface area contributed by atoms with Gasteiger partial charge in [0.15, 0.2) is 0 Å². The lowest BCUT2D eigenvalue weighted by atomic mass is 10.1. The van der Waals surface area contributed by atoms with E-state index in [-0.39, 0.29) is 11.8 Å². The number of hydrogen-bond donors (Lipinski definition) is 1. The molecule has 0 aliphatic carbocycles. The summed E-state index contributed by atoms with van der Waals surface area (Å²) in [6.45, 7) is 6.97. The highest BCUT2D eigenvalue weighted by Crippen LogP contribution is 2.23. The lowest BCUT2D eigenvalue weighted by Gasteiger charge is -2.34. The summed E-state index contributed by atoms with van der Waals surface area (Å²) in [5, 5.41) is 2.99. The van der Waals surface area contributed by atoms with E-state index in [9.17, 15) is 9.59 Å². The number of anilines is 1. The molecule has 2 heterocycles. The van der Waals surface area contributed by atoms with Crippen molar-refractivity contribution in [1.82, 2.24) is 9.80 Å². The Bertz CT molecular complexity index is 813. The Balaban J connectivity index is 1.50. The summed E-state index contributed by atoms with van der Waals surface area (Å²) in [6, 6.07) is 9.40. The van der Waals surface area contributed by atoms with Crippen LogP contribution in [-0.2, 0) is 4.79 Å². The summed E-state index contributed by atoms with van der Waals surface area (Å²) in [5.74, 6) is -0.00935. The zero-order valence-corrected chi connectivity index (χ0v) is 16.5. The summed E-state index contributed by atoms with van der Waals surface area (Å²) in [4.78, 5) is 29.3. The van der Waals surface area contributed by atoms with Crippen LogP contribution in [0.2, 0.25) is 4.34 Å². The number of carbonyl (C=O) groups excluding carboxylic acids is 2. The molecule has 1 N–H and O–H groups in total. The molecule has 26 heavy (non-hydrogen) atoms. The van der Waals surface area contributed by atoms with Gasteiger partial charge in [0, 0.05) is 31.9 Å². The zero-order chi connectivity index (χ0) is 18.7. The third kappa shape index (κ3) is 4.44. The number of amides is 2. The first-order valence-corrected chi connectivity index (χ1v) is 9.76. The van der Waals surface area contributed by atoms with Crippen LogP contribution in [0, 0.1) is 13.8 Å². The average Bonchev–Trinajstić information content (AvgIpc) is 3.05. The molecule has 5 nitrogen and oxygen atoms in total. The monoisotopic (exact) mass is 391 g/mol. The number of aryl methyl sites for hydroxylation is 1. The third-order valence-electron chi connectivity index (χ3n) is 4.69. The van der Waals surface area contributed by atoms with Crippen molar-refractivity contribution in [3.05, 3.63) is 50.7 Å². The maximum atomic E-state index is 12.4. The minimum absolute atomic E-state index is 0.0152. The van der Waals surface area contributed by atoms with Gasteiger partial charge in [-0.1, -0.05) is 23.7 Å². The van der Waals surface area contributed by atoms with Gasteiger partial charge >= 0.3 is 0 Å². The minimum atomic E-state index is -0.0245. The molecule has 1 saturated heterocycles. The highest BCUT2D eigenvalue weighted by atomic mass is 35.5. The summed E-state index contributed by atoms with van der Waals surface area (Å²) < 4.78 is 0.620. The van der Waals surface area contributed by atoms with Gasteiger partial charge in [0.25, 0.3) is 5.91 Å². The van der Waals surface area contributed by atoms with Gasteiger partial charge in [0.05, 0.1) is 15.8 Å². The fraction of sp³-hybridized carbons (Fsp3) is 0.368. The van der Waals surface area contributed by atoms with Crippen LogP contribution in [-0.4, -0.2) is 54.3 Å². The van der Waals surface area contributed by atoms with Crippen LogP contribution in [0.5, 0.6) is 0 Å². The Kier molecular flexibility index (Phi) is 5.96. The number of hydrogen-bond acceptors (Lipinski definition) is 4. The van der Waals surface area contributed by atoms with Crippen molar-refractivity contribution in [2.75, 3.05) is 38.0 Å². The van der Waals surface area contributed by atoms with Crippen molar-refractivity contribution in [2.45, 2.75) is 13.8 Å². The number of benzene rings is 1. The highest BCUT2D eigenvalue weighted by Gasteiger charge is 2.24. The Morgan fingerprint density at radius 2 is 1.85 bits per heavy atom. The first-order chi connectivity index (χ1) is 12.4. The lowest BCUT2D eigenvalue weighted by Crippen LogP contribution is -2.50. The molecule has 0 spiro atoms. The molecular formula is C19H22ClN3O2S. The van der Waals surface area contributed by atoms with E-state index in [1.807, 2.05) is 36.9 Å². The standard InChI is InChI=1S/C19H22ClN3O2S/c1-13-4-3-5-15(14(13)2)21-18(24)12-22-8-10-23(11-9-22)19(25)16-6-7-17(20)26-16/h3-7H,8-12H2,1-2H3,(H,21,24). The number of thiophene rings is 1. The van der Waals surface area contributed by atoms with Gasteiger partial charge < -0.3 is 10.2 Å². The Hall–Kier alpha value is -1.89. The third-order valence-corrected chi connectivity index (χ3v) is 5.91. The predicted molar refractivity (Wildman–Crippen MR) is 106 cm³/mol. The molecule has 1 aromatic heterocycles. The lowest BCUT2D eigenvalue weighted by molar-refractivity contribution is -0.117. The van der Waals surface area contributed by atoms with Gasteiger partial charge in [0.1, 0.15) is 0 Å². The molecule has 0 atom stereocenters. The number of piperazine rings is 1. The normalized spacial score (nSPS) is 15.1. The molecule has 2 amide bonds. The van der Waals surface area contributed by atoms with E-state index >= 15 is 0 Å². The van der Waals surface area contributed by atoms with Gasteiger partial charge in [-0.25, -0.2) is 0 Å². The second kappa shape index (κ2) is 8.20. The minimum Gasteiger partial charge on any atom is -0.335 e. The van der Waals surface area contributed by atoms with Gasteiger partial charge in [-0.05, 0) is 43.2 Å². The quantitative estimate of drug-likeness (QED) is 0.868. The SMILES string of the molecule is Cc1cccc(NC(=O)CN2CCN(C(=O)c3ccc(Cl)s3)CC2)c1C. The van der Waals surface area contributed by atoms with Crippen LogP contribution in [0.25, 0.3) is 0 Å². The fourth-order valence-corrected chi connectivity index (χ4v) is 3.98. The number of halogens is 1. The summed E-state index contributed by atoms with van der Waals surface area (Å²) in [7, 11) is 0. The van der Waals surface area contributed by atoms with Gasteiger partial charge in [-0.15, -0.1) is 11.3 Å². The maximum absolute atomic E-state index is 12.4. The average molecular weight is 392 g/mol. The Labute approximate surface area is 162 Å². The maximum Gasteiger partial charge on any atom is 0.264 e. The van der Waals surface area contributed by atoms with E-state index in [1.165, 1.54) is 11.3 Å². The largest absolute Gasteiger partial charge is 0.335 e. The topological polar surface area (TPSA) is 52.7 Å². The molecule has 1 aliphatic rings. The van der Waals surface area contributed by atoms with Gasteiger partial charge in [-0.3, -0.25) is 14.5 Å². The van der Waals surface area contributed by atoms with Crippen LogP contribution in [0.15, 0.2) is 30.3 Å². The van der Waals surface area contributed by atoms with Crippen LogP contribution in [0.3, 0.4) is 0 Å².